The molecule has 1 heterocycles. The molecule has 0 aliphatic carbocycles. The van der Waals surface area contributed by atoms with E-state index in [-0.39, 0.29) is 22.0 Å². The molecule has 3 aromatic rings. The number of furan rings is 1. The van der Waals surface area contributed by atoms with Crippen LogP contribution in [-0.2, 0) is 26.6 Å². The van der Waals surface area contributed by atoms with Crippen LogP contribution in [0.5, 0.6) is 0 Å². The summed E-state index contributed by atoms with van der Waals surface area (Å²) < 4.78 is 72.4. The summed E-state index contributed by atoms with van der Waals surface area (Å²) in [4.78, 5) is 12.1. The van der Waals surface area contributed by atoms with E-state index in [9.17, 15) is 26.0 Å². The van der Waals surface area contributed by atoms with Gasteiger partial charge in [-0.05, 0) is 55.6 Å². The minimum atomic E-state index is -3.92. The lowest BCUT2D eigenvalue weighted by Crippen LogP contribution is -2.23. The molecule has 0 atom stereocenters. The molecular weight excluding hydrogens is 449 g/mol. The minimum absolute atomic E-state index is 0.0656. The van der Waals surface area contributed by atoms with Gasteiger partial charge < -0.3 is 9.73 Å². The molecule has 1 amide bonds. The van der Waals surface area contributed by atoms with E-state index in [1.807, 2.05) is 0 Å². The Balaban J connectivity index is 1.81. The van der Waals surface area contributed by atoms with Gasteiger partial charge in [-0.25, -0.2) is 30.7 Å². The van der Waals surface area contributed by atoms with Crippen molar-refractivity contribution in [2.24, 2.45) is 0 Å². The van der Waals surface area contributed by atoms with Gasteiger partial charge in [-0.1, -0.05) is 6.07 Å². The molecule has 0 saturated heterocycles. The molecule has 0 radical (unpaired) electrons. The van der Waals surface area contributed by atoms with Crippen LogP contribution in [0, 0.1) is 5.82 Å². The van der Waals surface area contributed by atoms with E-state index in [2.05, 4.69) is 14.8 Å². The van der Waals surface area contributed by atoms with Crippen LogP contribution in [-0.4, -0.2) is 29.8 Å². The van der Waals surface area contributed by atoms with Crippen molar-refractivity contribution in [3.05, 3.63) is 78.0 Å². The van der Waals surface area contributed by atoms with Crippen LogP contribution in [0.3, 0.4) is 0 Å². The lowest BCUT2D eigenvalue weighted by Gasteiger charge is -2.10. The second-order valence-corrected chi connectivity index (χ2v) is 9.89. The van der Waals surface area contributed by atoms with Gasteiger partial charge >= 0.3 is 0 Å². The Hall–Kier alpha value is -3.06. The van der Waals surface area contributed by atoms with Crippen molar-refractivity contribution >= 4 is 31.6 Å². The zero-order valence-corrected chi connectivity index (χ0v) is 17.8. The zero-order valence-electron chi connectivity index (χ0n) is 16.1. The van der Waals surface area contributed by atoms with E-state index in [1.165, 1.54) is 37.6 Å². The van der Waals surface area contributed by atoms with Gasteiger partial charge in [-0.2, -0.15) is 0 Å². The number of nitrogens with one attached hydrogen (secondary N) is 3. The van der Waals surface area contributed by atoms with Gasteiger partial charge in [-0.15, -0.1) is 0 Å². The van der Waals surface area contributed by atoms with Crippen LogP contribution in [0.25, 0.3) is 0 Å². The highest BCUT2D eigenvalue weighted by Gasteiger charge is 2.20. The summed E-state index contributed by atoms with van der Waals surface area (Å²) in [6, 6.07) is 11.3. The molecule has 31 heavy (non-hydrogen) atoms. The van der Waals surface area contributed by atoms with Crippen molar-refractivity contribution in [3.8, 4) is 0 Å². The Kier molecular flexibility index (Phi) is 6.55. The first-order valence-corrected chi connectivity index (χ1v) is 11.8. The molecule has 3 N–H and O–H groups in total. The number of hydrogen-bond acceptors (Lipinski definition) is 6. The highest BCUT2D eigenvalue weighted by molar-refractivity contribution is 7.89. The summed E-state index contributed by atoms with van der Waals surface area (Å²) in [6.07, 6.45) is 1.41. The third-order valence-corrected chi connectivity index (χ3v) is 6.99. The molecule has 9 nitrogen and oxygen atoms in total. The van der Waals surface area contributed by atoms with Crippen molar-refractivity contribution in [1.29, 1.82) is 0 Å². The number of sulfonamides is 2. The Morgan fingerprint density at radius 1 is 0.968 bits per heavy atom. The molecule has 0 unspecified atom stereocenters. The second kappa shape index (κ2) is 8.98. The number of rotatable bonds is 8. The highest BCUT2D eigenvalue weighted by Crippen LogP contribution is 2.19. The third kappa shape index (κ3) is 5.35. The van der Waals surface area contributed by atoms with E-state index in [0.717, 1.165) is 18.2 Å². The average molecular weight is 468 g/mol. The molecule has 0 fully saturated rings. The second-order valence-electron chi connectivity index (χ2n) is 6.24. The predicted molar refractivity (Wildman–Crippen MR) is 110 cm³/mol. The van der Waals surface area contributed by atoms with Crippen LogP contribution in [0.4, 0.5) is 10.1 Å². The summed E-state index contributed by atoms with van der Waals surface area (Å²) in [7, 11) is -6.62. The zero-order chi connectivity index (χ0) is 22.6. The van der Waals surface area contributed by atoms with Crippen LogP contribution in [0.1, 0.15) is 16.1 Å². The smallest absolute Gasteiger partial charge is 0.258 e. The Bertz CT molecular complexity index is 1310. The van der Waals surface area contributed by atoms with Gasteiger partial charge in [0, 0.05) is 5.69 Å². The maximum Gasteiger partial charge on any atom is 0.258 e. The molecule has 3 rings (SSSR count). The average Bonchev–Trinajstić information content (AvgIpc) is 3.26. The standard InChI is InChI=1S/C19H18FN3O6S2/c1-21-30(25,26)16-7-8-18(20)17(11-16)19(24)23-13-4-2-6-15(10-13)31(27,28)22-12-14-5-3-9-29-14/h2-11,21-22H,12H2,1H3,(H,23,24). The van der Waals surface area contributed by atoms with Crippen LogP contribution >= 0.6 is 0 Å². The van der Waals surface area contributed by atoms with Gasteiger partial charge in [0.05, 0.1) is 28.2 Å². The number of amides is 1. The number of halogens is 1. The van der Waals surface area contributed by atoms with E-state index in [4.69, 9.17) is 4.42 Å². The summed E-state index contributed by atoms with van der Waals surface area (Å²) in [5, 5.41) is 2.37. The van der Waals surface area contributed by atoms with E-state index >= 15 is 0 Å². The molecule has 0 saturated carbocycles. The fraction of sp³-hybridized carbons (Fsp3) is 0.105. The summed E-state index contributed by atoms with van der Waals surface area (Å²) in [5.74, 6) is -1.46. The van der Waals surface area contributed by atoms with E-state index in [1.54, 1.807) is 12.1 Å². The lowest BCUT2D eigenvalue weighted by atomic mass is 10.2. The Labute approximate surface area is 178 Å². The van der Waals surface area contributed by atoms with Gasteiger partial charge in [-0.3, -0.25) is 4.79 Å². The summed E-state index contributed by atoms with van der Waals surface area (Å²) in [5.41, 5.74) is -0.437. The summed E-state index contributed by atoms with van der Waals surface area (Å²) >= 11 is 0. The SMILES string of the molecule is CNS(=O)(=O)c1ccc(F)c(C(=O)Nc2cccc(S(=O)(=O)NCc3ccco3)c2)c1. The quantitative estimate of drug-likeness (QED) is 0.464. The fourth-order valence-corrected chi connectivity index (χ4v) is 4.36. The van der Waals surface area contributed by atoms with Crippen LogP contribution < -0.4 is 14.8 Å². The largest absolute Gasteiger partial charge is 0.468 e. The van der Waals surface area contributed by atoms with Crippen molar-refractivity contribution in [1.82, 2.24) is 9.44 Å². The van der Waals surface area contributed by atoms with Gasteiger partial charge in [0.15, 0.2) is 0 Å². The number of carbonyl (C=O) groups is 1. The number of benzene rings is 2. The van der Waals surface area contributed by atoms with Crippen molar-refractivity contribution in [3.63, 3.8) is 0 Å². The van der Waals surface area contributed by atoms with Crippen LogP contribution in [0.2, 0.25) is 0 Å². The predicted octanol–water partition coefficient (Wildman–Crippen LogP) is 2.06. The number of hydrogen-bond donors (Lipinski definition) is 3. The topological polar surface area (TPSA) is 135 Å². The number of carbonyl (C=O) groups excluding carboxylic acids is 1. The fourth-order valence-electron chi connectivity index (χ4n) is 2.57. The maximum absolute atomic E-state index is 14.1. The highest BCUT2D eigenvalue weighted by atomic mass is 32.2. The molecule has 164 valence electrons. The van der Waals surface area contributed by atoms with Crippen molar-refractivity contribution in [2.45, 2.75) is 16.3 Å². The number of anilines is 1. The molecule has 0 bridgehead atoms. The molecule has 0 aliphatic rings. The molecule has 0 aliphatic heterocycles. The first-order valence-electron chi connectivity index (χ1n) is 8.79. The molecule has 2 aromatic carbocycles. The Morgan fingerprint density at radius 3 is 2.39 bits per heavy atom. The summed E-state index contributed by atoms with van der Waals surface area (Å²) in [6.45, 7) is -0.0656. The van der Waals surface area contributed by atoms with Gasteiger partial charge in [0.25, 0.3) is 5.91 Å². The normalized spacial score (nSPS) is 11.9. The van der Waals surface area contributed by atoms with Crippen molar-refractivity contribution in [2.75, 3.05) is 12.4 Å². The molecule has 1 aromatic heterocycles. The minimum Gasteiger partial charge on any atom is -0.468 e. The van der Waals surface area contributed by atoms with Crippen LogP contribution in [0.15, 0.2) is 75.1 Å². The van der Waals surface area contributed by atoms with Gasteiger partial charge in [0.2, 0.25) is 20.0 Å². The molecule has 12 heteroatoms. The first-order chi connectivity index (χ1) is 14.6. The van der Waals surface area contributed by atoms with E-state index < -0.39 is 37.3 Å². The lowest BCUT2D eigenvalue weighted by molar-refractivity contribution is 0.102. The Morgan fingerprint density at radius 2 is 1.71 bits per heavy atom. The maximum atomic E-state index is 14.1. The van der Waals surface area contributed by atoms with Crippen molar-refractivity contribution < 1.29 is 30.4 Å². The third-order valence-electron chi connectivity index (χ3n) is 4.18. The molecule has 0 spiro atoms. The van der Waals surface area contributed by atoms with E-state index in [0.29, 0.717) is 5.76 Å². The van der Waals surface area contributed by atoms with Gasteiger partial charge in [0.1, 0.15) is 11.6 Å². The monoisotopic (exact) mass is 467 g/mol. The first kappa shape index (κ1) is 22.6. The molecular formula is C19H18FN3O6S2.